The molecule has 0 aromatic carbocycles. The molecule has 1 aliphatic carbocycles. The Kier molecular flexibility index (Phi) is 3.78. The first kappa shape index (κ1) is 11.0. The van der Waals surface area contributed by atoms with Crippen molar-refractivity contribution in [2.24, 2.45) is 11.3 Å². The summed E-state index contributed by atoms with van der Waals surface area (Å²) in [4.78, 5) is 0. The van der Waals surface area contributed by atoms with Crippen LogP contribution in [0.4, 0.5) is 0 Å². The maximum Gasteiger partial charge on any atom is 0.00127 e. The summed E-state index contributed by atoms with van der Waals surface area (Å²) in [6, 6.07) is 0.640. The highest BCUT2D eigenvalue weighted by atomic mass is 14.9. The second-order valence-corrected chi connectivity index (χ2v) is 5.06. The van der Waals surface area contributed by atoms with E-state index in [9.17, 15) is 0 Å². The molecule has 0 amide bonds. The highest BCUT2D eigenvalue weighted by Gasteiger charge is 2.40. The zero-order valence-electron chi connectivity index (χ0n) is 9.69. The monoisotopic (exact) mass is 183 g/mol. The van der Waals surface area contributed by atoms with E-state index in [-0.39, 0.29) is 0 Å². The summed E-state index contributed by atoms with van der Waals surface area (Å²) in [6.07, 6.45) is 5.67. The van der Waals surface area contributed by atoms with Gasteiger partial charge in [0.05, 0.1) is 0 Å². The molecule has 1 heteroatoms. The molecular weight excluding hydrogens is 158 g/mol. The highest BCUT2D eigenvalue weighted by molar-refractivity contribution is 4.93. The van der Waals surface area contributed by atoms with Crippen molar-refractivity contribution in [2.75, 3.05) is 6.54 Å². The third kappa shape index (κ3) is 2.46. The predicted molar refractivity (Wildman–Crippen MR) is 58.9 cm³/mol. The first-order valence-electron chi connectivity index (χ1n) is 5.84. The van der Waals surface area contributed by atoms with Crippen LogP contribution in [0.5, 0.6) is 0 Å². The minimum Gasteiger partial charge on any atom is -0.314 e. The van der Waals surface area contributed by atoms with Crippen LogP contribution >= 0.6 is 0 Å². The fraction of sp³-hybridized carbons (Fsp3) is 1.00. The van der Waals surface area contributed by atoms with Crippen LogP contribution in [-0.2, 0) is 0 Å². The van der Waals surface area contributed by atoms with Gasteiger partial charge < -0.3 is 5.32 Å². The van der Waals surface area contributed by atoms with E-state index in [1.54, 1.807) is 0 Å². The van der Waals surface area contributed by atoms with Crippen LogP contribution in [0.3, 0.4) is 0 Å². The lowest BCUT2D eigenvalue weighted by molar-refractivity contribution is 0.0536. The van der Waals surface area contributed by atoms with Crippen LogP contribution in [0.15, 0.2) is 0 Å². The summed E-state index contributed by atoms with van der Waals surface area (Å²) in [6.45, 7) is 10.5. The molecule has 0 aromatic rings. The molecule has 1 rings (SSSR count). The van der Waals surface area contributed by atoms with E-state index in [2.05, 4.69) is 33.0 Å². The second-order valence-electron chi connectivity index (χ2n) is 5.06. The molecule has 1 nitrogen and oxygen atoms in total. The molecular formula is C12H25N. The topological polar surface area (TPSA) is 12.0 Å². The number of rotatable bonds is 5. The minimum absolute atomic E-state index is 0.640. The van der Waals surface area contributed by atoms with Gasteiger partial charge in [0.1, 0.15) is 0 Å². The van der Waals surface area contributed by atoms with Gasteiger partial charge in [-0.1, -0.05) is 40.5 Å². The van der Waals surface area contributed by atoms with Gasteiger partial charge in [-0.2, -0.15) is 0 Å². The molecule has 0 bridgehead atoms. The fourth-order valence-electron chi connectivity index (χ4n) is 2.32. The van der Waals surface area contributed by atoms with Crippen molar-refractivity contribution in [1.29, 1.82) is 0 Å². The predicted octanol–water partition coefficient (Wildman–Crippen LogP) is 3.20. The summed E-state index contributed by atoms with van der Waals surface area (Å²) in [5.41, 5.74) is 0.652. The van der Waals surface area contributed by atoms with Crippen molar-refractivity contribution in [3.63, 3.8) is 0 Å². The first-order chi connectivity index (χ1) is 6.10. The van der Waals surface area contributed by atoms with Crippen LogP contribution in [0.25, 0.3) is 0 Å². The van der Waals surface area contributed by atoms with Crippen LogP contribution in [0, 0.1) is 11.3 Å². The van der Waals surface area contributed by atoms with Gasteiger partial charge in [0.2, 0.25) is 0 Å². The number of hydrogen-bond acceptors (Lipinski definition) is 1. The molecule has 0 heterocycles. The molecule has 1 saturated carbocycles. The van der Waals surface area contributed by atoms with Gasteiger partial charge in [-0.05, 0) is 24.2 Å². The first-order valence-corrected chi connectivity index (χ1v) is 5.84. The Bertz CT molecular complexity index is 147. The third-order valence-electron chi connectivity index (χ3n) is 3.87. The van der Waals surface area contributed by atoms with Crippen LogP contribution < -0.4 is 5.32 Å². The molecule has 78 valence electrons. The molecule has 1 aliphatic rings. The summed E-state index contributed by atoms with van der Waals surface area (Å²) < 4.78 is 0. The maximum absolute atomic E-state index is 3.60. The normalized spacial score (nSPS) is 22.8. The molecule has 0 aromatic heterocycles. The molecule has 0 saturated heterocycles. The van der Waals surface area contributed by atoms with E-state index >= 15 is 0 Å². The lowest BCUT2D eigenvalue weighted by Gasteiger charge is -2.47. The Morgan fingerprint density at radius 2 is 1.85 bits per heavy atom. The molecule has 1 unspecified atom stereocenters. The van der Waals surface area contributed by atoms with Gasteiger partial charge in [0.15, 0.2) is 0 Å². The van der Waals surface area contributed by atoms with Gasteiger partial charge in [0.25, 0.3) is 0 Å². The van der Waals surface area contributed by atoms with Crippen molar-refractivity contribution in [3.05, 3.63) is 0 Å². The Hall–Kier alpha value is -0.0400. The van der Waals surface area contributed by atoms with E-state index < -0.39 is 0 Å². The molecule has 1 N–H and O–H groups in total. The standard InChI is InChI=1S/C12H25N/c1-5-11(4)12(7-6-8-12)9-13-10(2)3/h10-11,13H,5-9H2,1-4H3. The Balaban J connectivity index is 2.40. The van der Waals surface area contributed by atoms with Gasteiger partial charge in [-0.15, -0.1) is 0 Å². The van der Waals surface area contributed by atoms with E-state index in [1.807, 2.05) is 0 Å². The highest BCUT2D eigenvalue weighted by Crippen LogP contribution is 2.47. The summed E-state index contributed by atoms with van der Waals surface area (Å²) in [7, 11) is 0. The lowest BCUT2D eigenvalue weighted by atomic mass is 9.61. The number of hydrogen-bond donors (Lipinski definition) is 1. The minimum atomic E-state index is 0.640. The molecule has 0 spiro atoms. The van der Waals surface area contributed by atoms with Crippen molar-refractivity contribution >= 4 is 0 Å². The largest absolute Gasteiger partial charge is 0.314 e. The second kappa shape index (κ2) is 4.45. The fourth-order valence-corrected chi connectivity index (χ4v) is 2.32. The molecule has 1 fully saturated rings. The van der Waals surface area contributed by atoms with Crippen LogP contribution in [0.1, 0.15) is 53.4 Å². The third-order valence-corrected chi connectivity index (χ3v) is 3.87. The van der Waals surface area contributed by atoms with Crippen molar-refractivity contribution in [1.82, 2.24) is 5.32 Å². The summed E-state index contributed by atoms with van der Waals surface area (Å²) >= 11 is 0. The number of nitrogens with one attached hydrogen (secondary N) is 1. The zero-order chi connectivity index (χ0) is 9.90. The van der Waals surface area contributed by atoms with Crippen molar-refractivity contribution < 1.29 is 0 Å². The average molecular weight is 183 g/mol. The molecule has 0 radical (unpaired) electrons. The maximum atomic E-state index is 3.60. The smallest absolute Gasteiger partial charge is 0.00127 e. The zero-order valence-corrected chi connectivity index (χ0v) is 9.69. The van der Waals surface area contributed by atoms with Crippen molar-refractivity contribution in [2.45, 2.75) is 59.4 Å². The van der Waals surface area contributed by atoms with E-state index in [0.717, 1.165) is 5.92 Å². The van der Waals surface area contributed by atoms with Crippen molar-refractivity contribution in [3.8, 4) is 0 Å². The molecule has 1 atom stereocenters. The molecule has 13 heavy (non-hydrogen) atoms. The van der Waals surface area contributed by atoms with Gasteiger partial charge in [-0.25, -0.2) is 0 Å². The Morgan fingerprint density at radius 1 is 1.23 bits per heavy atom. The van der Waals surface area contributed by atoms with E-state index in [4.69, 9.17) is 0 Å². The lowest BCUT2D eigenvalue weighted by Crippen LogP contribution is -2.46. The summed E-state index contributed by atoms with van der Waals surface area (Å²) in [5, 5.41) is 3.60. The van der Waals surface area contributed by atoms with E-state index in [1.165, 1.54) is 32.2 Å². The van der Waals surface area contributed by atoms with Crippen LogP contribution in [0.2, 0.25) is 0 Å². The molecule has 0 aliphatic heterocycles. The Labute approximate surface area is 83.3 Å². The van der Waals surface area contributed by atoms with Gasteiger partial charge >= 0.3 is 0 Å². The Morgan fingerprint density at radius 3 is 2.15 bits per heavy atom. The quantitative estimate of drug-likeness (QED) is 0.690. The summed E-state index contributed by atoms with van der Waals surface area (Å²) in [5.74, 6) is 0.896. The SMILES string of the molecule is CCC(C)C1(CNC(C)C)CCC1. The van der Waals surface area contributed by atoms with E-state index in [0.29, 0.717) is 11.5 Å². The van der Waals surface area contributed by atoms with Gasteiger partial charge in [0, 0.05) is 12.6 Å². The van der Waals surface area contributed by atoms with Gasteiger partial charge in [-0.3, -0.25) is 0 Å². The average Bonchev–Trinajstić information content (AvgIpc) is 2.01. The van der Waals surface area contributed by atoms with Crippen LogP contribution in [-0.4, -0.2) is 12.6 Å².